The van der Waals surface area contributed by atoms with Crippen LogP contribution >= 0.6 is 0 Å². The summed E-state index contributed by atoms with van der Waals surface area (Å²) in [6, 6.07) is 0. The van der Waals surface area contributed by atoms with Crippen LogP contribution in [-0.2, 0) is 41.5 Å². The van der Waals surface area contributed by atoms with Crippen LogP contribution in [0.15, 0.2) is 0 Å². The molecule has 0 aromatic heterocycles. The fourth-order valence-corrected chi connectivity index (χ4v) is 2.56. The maximum absolute atomic E-state index is 5.28. The molecule has 13 heavy (non-hydrogen) atoms. The molecule has 0 radical (unpaired) electrons. The molecule has 0 aromatic carbocycles. The zero-order valence-corrected chi connectivity index (χ0v) is 9.93. The third kappa shape index (κ3) is 5.04. The molecule has 0 saturated carbocycles. The summed E-state index contributed by atoms with van der Waals surface area (Å²) in [4.78, 5) is 8.95. The molecule has 6 nitrogen and oxygen atoms in total. The Bertz CT molecular complexity index is 116. The van der Waals surface area contributed by atoms with Crippen LogP contribution in [0.4, 0.5) is 0 Å². The molecule has 0 unspecified atom stereocenters. The normalized spacial score (nSPS) is 12.0. The fourth-order valence-electron chi connectivity index (χ4n) is 0.620. The van der Waals surface area contributed by atoms with Gasteiger partial charge in [0.25, 0.3) is 0 Å². The third-order valence-electron chi connectivity index (χ3n) is 1.10. The number of hydrogen-bond donors (Lipinski definition) is 0. The van der Waals surface area contributed by atoms with Crippen molar-refractivity contribution in [3.05, 3.63) is 0 Å². The van der Waals surface area contributed by atoms with Crippen LogP contribution in [0, 0.1) is 0 Å². The Labute approximate surface area is 83.1 Å². The van der Waals surface area contributed by atoms with Gasteiger partial charge in [0.05, 0.1) is 0 Å². The summed E-state index contributed by atoms with van der Waals surface area (Å²) >= 11 is -3.75. The van der Waals surface area contributed by atoms with E-state index in [-0.39, 0.29) is 0 Å². The SMILES string of the molecule is CCC[O][Ti]([O]C)([O]OC)[O]OC. The molecule has 0 aliphatic heterocycles. The van der Waals surface area contributed by atoms with Crippen LogP contribution < -0.4 is 0 Å². The molecular weight excluding hydrogens is 216 g/mol. The standard InChI is InChI=1S/C3H7O.2CH4O2.CH3O.Ti/c1-2-3-4;2*1-3-2;1-2;/h2-3H2,1H3;2*2H,1H3;1H3;/q-1;;;-1;+4/p-2. The van der Waals surface area contributed by atoms with E-state index in [9.17, 15) is 0 Å². The van der Waals surface area contributed by atoms with Crippen molar-refractivity contribution >= 4 is 0 Å². The van der Waals surface area contributed by atoms with E-state index < -0.39 is 18.1 Å². The van der Waals surface area contributed by atoms with Gasteiger partial charge in [-0.05, 0) is 0 Å². The quantitative estimate of drug-likeness (QED) is 0.354. The van der Waals surface area contributed by atoms with E-state index in [0.29, 0.717) is 6.61 Å². The monoisotopic (exact) mass is 232 g/mol. The number of hydrogen-bond acceptors (Lipinski definition) is 6. The Kier molecular flexibility index (Phi) is 8.13. The second-order valence-electron chi connectivity index (χ2n) is 2.05. The predicted molar refractivity (Wildman–Crippen MR) is 39.4 cm³/mol. The predicted octanol–water partition coefficient (Wildman–Crippen LogP) is 1.03. The Balaban J connectivity index is 4.07. The molecule has 0 N–H and O–H groups in total. The molecule has 0 amide bonds. The Morgan fingerprint density at radius 3 is 1.85 bits per heavy atom. The summed E-state index contributed by atoms with van der Waals surface area (Å²) in [7, 11) is 4.13. The second-order valence-corrected chi connectivity index (χ2v) is 5.22. The van der Waals surface area contributed by atoms with E-state index in [4.69, 9.17) is 13.6 Å². The van der Waals surface area contributed by atoms with Gasteiger partial charge in [0, 0.05) is 0 Å². The van der Waals surface area contributed by atoms with Crippen molar-refractivity contribution in [3.8, 4) is 0 Å². The van der Waals surface area contributed by atoms with Gasteiger partial charge in [0.1, 0.15) is 0 Å². The van der Waals surface area contributed by atoms with Gasteiger partial charge < -0.3 is 0 Å². The van der Waals surface area contributed by atoms with E-state index in [1.54, 1.807) is 0 Å². The fraction of sp³-hybridized carbons (Fsp3) is 1.00. The minimum absolute atomic E-state index is 0.473. The van der Waals surface area contributed by atoms with Crippen molar-refractivity contribution in [3.63, 3.8) is 0 Å². The molecule has 7 heteroatoms. The molecule has 0 rings (SSSR count). The third-order valence-corrected chi connectivity index (χ3v) is 3.91. The van der Waals surface area contributed by atoms with Gasteiger partial charge in [-0.15, -0.1) is 0 Å². The zero-order valence-electron chi connectivity index (χ0n) is 8.36. The van der Waals surface area contributed by atoms with E-state index in [1.165, 1.54) is 21.3 Å². The van der Waals surface area contributed by atoms with Gasteiger partial charge in [-0.2, -0.15) is 0 Å². The van der Waals surface area contributed by atoms with Gasteiger partial charge in [0.2, 0.25) is 0 Å². The maximum atomic E-state index is 5.28. The second kappa shape index (κ2) is 7.84. The van der Waals surface area contributed by atoms with Gasteiger partial charge in [-0.1, -0.05) is 0 Å². The number of rotatable bonds is 8. The van der Waals surface area contributed by atoms with Gasteiger partial charge in [0.15, 0.2) is 0 Å². The first-order chi connectivity index (χ1) is 6.24. The molecule has 0 heterocycles. The van der Waals surface area contributed by atoms with Crippen LogP contribution in [0.3, 0.4) is 0 Å². The van der Waals surface area contributed by atoms with E-state index >= 15 is 0 Å². The minimum atomic E-state index is -3.75. The van der Waals surface area contributed by atoms with E-state index in [1.807, 2.05) is 6.92 Å². The summed E-state index contributed by atoms with van der Waals surface area (Å²) in [6.45, 7) is 2.43. The van der Waals surface area contributed by atoms with Gasteiger partial charge >= 0.3 is 82.8 Å². The first-order valence-corrected chi connectivity index (χ1v) is 6.42. The average Bonchev–Trinajstić information content (AvgIpc) is 2.15. The first kappa shape index (κ1) is 13.5. The van der Waals surface area contributed by atoms with Crippen molar-refractivity contribution < 1.29 is 41.5 Å². The Hall–Kier alpha value is 0.474. The van der Waals surface area contributed by atoms with Crippen LogP contribution in [-0.4, -0.2) is 27.9 Å². The first-order valence-electron chi connectivity index (χ1n) is 3.87. The average molecular weight is 232 g/mol. The molecule has 0 bridgehead atoms. The summed E-state index contributed by atoms with van der Waals surface area (Å²) < 4.78 is 19.9. The molecule has 0 aliphatic rings. The van der Waals surface area contributed by atoms with E-state index in [0.717, 1.165) is 6.42 Å². The Morgan fingerprint density at radius 2 is 1.54 bits per heavy atom. The van der Waals surface area contributed by atoms with Gasteiger partial charge in [-0.25, -0.2) is 0 Å². The summed E-state index contributed by atoms with van der Waals surface area (Å²) in [5.74, 6) is 0. The topological polar surface area (TPSA) is 55.4 Å². The molecule has 0 saturated heterocycles. The van der Waals surface area contributed by atoms with Crippen molar-refractivity contribution in [2.24, 2.45) is 0 Å². The van der Waals surface area contributed by atoms with Crippen molar-refractivity contribution in [1.82, 2.24) is 0 Å². The van der Waals surface area contributed by atoms with E-state index in [2.05, 4.69) is 9.78 Å². The zero-order chi connectivity index (χ0) is 10.2. The van der Waals surface area contributed by atoms with Crippen molar-refractivity contribution in [1.29, 1.82) is 0 Å². The van der Waals surface area contributed by atoms with Crippen LogP contribution in [0.25, 0.3) is 0 Å². The summed E-state index contributed by atoms with van der Waals surface area (Å²) in [5, 5.41) is 0. The molecule has 0 aromatic rings. The molecule has 0 atom stereocenters. The molecular formula is C6H16O6Ti. The van der Waals surface area contributed by atoms with Crippen LogP contribution in [0.5, 0.6) is 0 Å². The summed E-state index contributed by atoms with van der Waals surface area (Å²) in [6.07, 6.45) is 0.830. The molecule has 0 aliphatic carbocycles. The van der Waals surface area contributed by atoms with Crippen LogP contribution in [0.2, 0.25) is 0 Å². The van der Waals surface area contributed by atoms with Crippen molar-refractivity contribution in [2.75, 3.05) is 27.9 Å². The summed E-state index contributed by atoms with van der Waals surface area (Å²) in [5.41, 5.74) is 0. The Morgan fingerprint density at radius 1 is 1.00 bits per heavy atom. The molecule has 0 fully saturated rings. The molecule has 0 spiro atoms. The van der Waals surface area contributed by atoms with Crippen molar-refractivity contribution in [2.45, 2.75) is 13.3 Å². The van der Waals surface area contributed by atoms with Gasteiger partial charge in [-0.3, -0.25) is 0 Å². The van der Waals surface area contributed by atoms with Crippen LogP contribution in [0.1, 0.15) is 13.3 Å². The molecule has 80 valence electrons.